The fourth-order valence-corrected chi connectivity index (χ4v) is 1.65. The number of methoxy groups -OCH3 is 1. The van der Waals surface area contributed by atoms with Gasteiger partial charge in [0.15, 0.2) is 11.6 Å². The number of rotatable bonds is 5. The molecule has 84 valence electrons. The zero-order valence-electron chi connectivity index (χ0n) is 9.16. The van der Waals surface area contributed by atoms with Crippen molar-refractivity contribution in [1.82, 2.24) is 0 Å². The lowest BCUT2D eigenvalue weighted by Gasteiger charge is -2.14. The van der Waals surface area contributed by atoms with Crippen LogP contribution in [0.1, 0.15) is 31.2 Å². The van der Waals surface area contributed by atoms with Gasteiger partial charge in [0.1, 0.15) is 0 Å². The number of benzene rings is 1. The second-order valence-electron chi connectivity index (χ2n) is 3.56. The van der Waals surface area contributed by atoms with Crippen molar-refractivity contribution in [2.45, 2.75) is 25.7 Å². The van der Waals surface area contributed by atoms with Crippen molar-refractivity contribution in [1.29, 1.82) is 0 Å². The maximum absolute atomic E-state index is 13.4. The molecule has 0 heterocycles. The number of aliphatic hydroxyl groups is 1. The van der Waals surface area contributed by atoms with Gasteiger partial charge >= 0.3 is 0 Å². The van der Waals surface area contributed by atoms with Gasteiger partial charge in [-0.15, -0.1) is 0 Å². The number of aliphatic hydroxyl groups excluding tert-OH is 1. The highest BCUT2D eigenvalue weighted by atomic mass is 19.1. The van der Waals surface area contributed by atoms with Crippen LogP contribution in [0, 0.1) is 5.82 Å². The molecule has 1 unspecified atom stereocenters. The lowest BCUT2D eigenvalue weighted by molar-refractivity contribution is 0.258. The Morgan fingerprint density at radius 2 is 2.20 bits per heavy atom. The summed E-state index contributed by atoms with van der Waals surface area (Å²) in [6.45, 7) is 2.10. The van der Waals surface area contributed by atoms with Crippen molar-refractivity contribution < 1.29 is 14.2 Å². The van der Waals surface area contributed by atoms with E-state index in [4.69, 9.17) is 4.74 Å². The highest BCUT2D eigenvalue weighted by Crippen LogP contribution is 2.25. The third-order valence-corrected chi connectivity index (χ3v) is 2.50. The van der Waals surface area contributed by atoms with Gasteiger partial charge in [-0.1, -0.05) is 19.4 Å². The molecular weight excluding hydrogens is 195 g/mol. The summed E-state index contributed by atoms with van der Waals surface area (Å²) in [5, 5.41) is 9.17. The second-order valence-corrected chi connectivity index (χ2v) is 3.56. The van der Waals surface area contributed by atoms with E-state index in [0.29, 0.717) is 0 Å². The molecule has 0 spiro atoms. The lowest BCUT2D eigenvalue weighted by atomic mass is 9.95. The van der Waals surface area contributed by atoms with E-state index in [2.05, 4.69) is 0 Å². The zero-order valence-corrected chi connectivity index (χ0v) is 9.16. The van der Waals surface area contributed by atoms with Gasteiger partial charge in [-0.2, -0.15) is 0 Å². The van der Waals surface area contributed by atoms with Crippen molar-refractivity contribution >= 4 is 0 Å². The minimum Gasteiger partial charge on any atom is -0.494 e. The Balaban J connectivity index is 2.89. The topological polar surface area (TPSA) is 29.5 Å². The molecule has 0 radical (unpaired) electrons. The largest absolute Gasteiger partial charge is 0.494 e. The third kappa shape index (κ3) is 2.93. The molecule has 1 aromatic rings. The smallest absolute Gasteiger partial charge is 0.165 e. The molecule has 0 aromatic heterocycles. The average molecular weight is 212 g/mol. The average Bonchev–Trinajstić information content (AvgIpc) is 2.25. The summed E-state index contributed by atoms with van der Waals surface area (Å²) in [5.74, 6) is -0.105. The van der Waals surface area contributed by atoms with Gasteiger partial charge in [0.2, 0.25) is 0 Å². The zero-order chi connectivity index (χ0) is 11.3. The van der Waals surface area contributed by atoms with Gasteiger partial charge in [-0.3, -0.25) is 0 Å². The van der Waals surface area contributed by atoms with Crippen molar-refractivity contribution in [3.8, 4) is 5.75 Å². The lowest BCUT2D eigenvalue weighted by Crippen LogP contribution is -2.04. The van der Waals surface area contributed by atoms with Gasteiger partial charge in [-0.25, -0.2) is 4.39 Å². The summed E-state index contributed by atoms with van der Waals surface area (Å²) in [5.41, 5.74) is 0.831. The Morgan fingerprint density at radius 3 is 2.67 bits per heavy atom. The number of hydrogen-bond donors (Lipinski definition) is 1. The minimum atomic E-state index is -0.371. The SMILES string of the molecule is CCCC(CO)c1ccc(OC)c(F)c1. The van der Waals surface area contributed by atoms with Crippen LogP contribution in [0.4, 0.5) is 4.39 Å². The van der Waals surface area contributed by atoms with Crippen LogP contribution in [0.25, 0.3) is 0 Å². The first kappa shape index (κ1) is 12.0. The van der Waals surface area contributed by atoms with Gasteiger partial charge in [0, 0.05) is 12.5 Å². The molecule has 0 fully saturated rings. The normalized spacial score (nSPS) is 12.5. The molecule has 0 aliphatic heterocycles. The molecule has 3 heteroatoms. The van der Waals surface area contributed by atoms with Crippen LogP contribution in [-0.4, -0.2) is 18.8 Å². The van der Waals surface area contributed by atoms with E-state index in [1.54, 1.807) is 12.1 Å². The van der Waals surface area contributed by atoms with Crippen LogP contribution in [0.15, 0.2) is 18.2 Å². The van der Waals surface area contributed by atoms with Gasteiger partial charge in [-0.05, 0) is 24.1 Å². The molecule has 0 saturated heterocycles. The van der Waals surface area contributed by atoms with E-state index < -0.39 is 0 Å². The molecule has 0 bridgehead atoms. The fourth-order valence-electron chi connectivity index (χ4n) is 1.65. The molecular formula is C12H17FO2. The van der Waals surface area contributed by atoms with E-state index in [-0.39, 0.29) is 24.1 Å². The summed E-state index contributed by atoms with van der Waals surface area (Å²) in [7, 11) is 1.44. The monoisotopic (exact) mass is 212 g/mol. The first-order chi connectivity index (χ1) is 7.22. The molecule has 0 aliphatic carbocycles. The van der Waals surface area contributed by atoms with Gasteiger partial charge in [0.25, 0.3) is 0 Å². The van der Waals surface area contributed by atoms with E-state index in [1.807, 2.05) is 6.92 Å². The quantitative estimate of drug-likeness (QED) is 0.813. The standard InChI is InChI=1S/C12H17FO2/c1-3-4-10(8-14)9-5-6-12(15-2)11(13)7-9/h5-7,10,14H,3-4,8H2,1-2H3. The van der Waals surface area contributed by atoms with Crippen LogP contribution in [0.2, 0.25) is 0 Å². The number of halogens is 1. The highest BCUT2D eigenvalue weighted by molar-refractivity contribution is 5.31. The Bertz CT molecular complexity index is 312. The molecule has 15 heavy (non-hydrogen) atoms. The Hall–Kier alpha value is -1.09. The summed E-state index contributed by atoms with van der Waals surface area (Å²) < 4.78 is 18.2. The second kappa shape index (κ2) is 5.71. The Kier molecular flexibility index (Phi) is 4.56. The van der Waals surface area contributed by atoms with E-state index >= 15 is 0 Å². The van der Waals surface area contributed by atoms with E-state index in [0.717, 1.165) is 18.4 Å². The predicted octanol–water partition coefficient (Wildman–Crippen LogP) is 2.71. The van der Waals surface area contributed by atoms with Gasteiger partial charge < -0.3 is 9.84 Å². The molecule has 1 rings (SSSR count). The number of ether oxygens (including phenoxy) is 1. The van der Waals surface area contributed by atoms with Crippen molar-refractivity contribution in [3.63, 3.8) is 0 Å². The van der Waals surface area contributed by atoms with Crippen LogP contribution in [0.3, 0.4) is 0 Å². The highest BCUT2D eigenvalue weighted by Gasteiger charge is 2.12. The first-order valence-corrected chi connectivity index (χ1v) is 5.17. The van der Waals surface area contributed by atoms with Crippen LogP contribution >= 0.6 is 0 Å². The Morgan fingerprint density at radius 1 is 1.47 bits per heavy atom. The fraction of sp³-hybridized carbons (Fsp3) is 0.500. The van der Waals surface area contributed by atoms with Crippen LogP contribution in [0.5, 0.6) is 5.75 Å². The third-order valence-electron chi connectivity index (χ3n) is 2.50. The molecule has 2 nitrogen and oxygen atoms in total. The van der Waals surface area contributed by atoms with Crippen molar-refractivity contribution in [3.05, 3.63) is 29.6 Å². The summed E-state index contributed by atoms with van der Waals surface area (Å²) in [6, 6.07) is 4.84. The summed E-state index contributed by atoms with van der Waals surface area (Å²) >= 11 is 0. The predicted molar refractivity (Wildman–Crippen MR) is 57.7 cm³/mol. The molecule has 1 N–H and O–H groups in total. The van der Waals surface area contributed by atoms with E-state index in [1.165, 1.54) is 13.2 Å². The minimum absolute atomic E-state index is 0.0235. The van der Waals surface area contributed by atoms with Gasteiger partial charge in [0.05, 0.1) is 7.11 Å². The molecule has 1 atom stereocenters. The maximum atomic E-state index is 13.4. The number of hydrogen-bond acceptors (Lipinski definition) is 2. The molecule has 1 aromatic carbocycles. The van der Waals surface area contributed by atoms with Crippen molar-refractivity contribution in [2.24, 2.45) is 0 Å². The first-order valence-electron chi connectivity index (χ1n) is 5.17. The summed E-state index contributed by atoms with van der Waals surface area (Å²) in [6.07, 6.45) is 1.83. The Labute approximate surface area is 89.7 Å². The maximum Gasteiger partial charge on any atom is 0.165 e. The molecule has 0 saturated carbocycles. The van der Waals surface area contributed by atoms with Crippen molar-refractivity contribution in [2.75, 3.05) is 13.7 Å². The summed E-state index contributed by atoms with van der Waals surface area (Å²) in [4.78, 5) is 0. The van der Waals surface area contributed by atoms with Crippen LogP contribution in [-0.2, 0) is 0 Å². The molecule has 0 amide bonds. The van der Waals surface area contributed by atoms with Crippen LogP contribution < -0.4 is 4.74 Å². The molecule has 0 aliphatic rings. The van der Waals surface area contributed by atoms with E-state index in [9.17, 15) is 9.50 Å².